The Morgan fingerprint density at radius 2 is 2.33 bits per heavy atom. The van der Waals surface area contributed by atoms with Crippen LogP contribution in [0, 0.1) is 0 Å². The van der Waals surface area contributed by atoms with Crippen LogP contribution in [0.3, 0.4) is 0 Å². The molecule has 2 rings (SSSR count). The fourth-order valence-corrected chi connectivity index (χ4v) is 1.81. The molecule has 2 aromatic rings. The van der Waals surface area contributed by atoms with E-state index in [1.165, 1.54) is 0 Å². The molecule has 0 bridgehead atoms. The van der Waals surface area contributed by atoms with Crippen molar-refractivity contribution in [3.63, 3.8) is 0 Å². The van der Waals surface area contributed by atoms with Gasteiger partial charge in [0.05, 0.1) is 10.6 Å². The third-order valence-electron chi connectivity index (χ3n) is 2.44. The van der Waals surface area contributed by atoms with E-state index in [9.17, 15) is 4.79 Å². The van der Waals surface area contributed by atoms with Crippen LogP contribution in [-0.2, 0) is 6.42 Å². The molecule has 0 fully saturated rings. The lowest BCUT2D eigenvalue weighted by Crippen LogP contribution is -2.26. The Balaban J connectivity index is 1.91. The van der Waals surface area contributed by atoms with E-state index in [0.717, 1.165) is 5.82 Å². The van der Waals surface area contributed by atoms with Gasteiger partial charge in [-0.25, -0.2) is 4.98 Å². The molecule has 0 atom stereocenters. The summed E-state index contributed by atoms with van der Waals surface area (Å²) in [4.78, 5) is 18.9. The van der Waals surface area contributed by atoms with Crippen molar-refractivity contribution in [1.82, 2.24) is 15.3 Å². The molecule has 4 N–H and O–H groups in total. The Labute approximate surface area is 109 Å². The van der Waals surface area contributed by atoms with E-state index >= 15 is 0 Å². The summed E-state index contributed by atoms with van der Waals surface area (Å²) in [7, 11) is 0. The Bertz CT molecular complexity index is 539. The van der Waals surface area contributed by atoms with E-state index in [4.69, 9.17) is 17.3 Å². The molecular weight excluding hydrogens is 252 g/mol. The number of H-pyrrole nitrogens is 1. The number of carbonyl (C=O) groups excluding carboxylic acids is 1. The van der Waals surface area contributed by atoms with Crippen LogP contribution in [-0.4, -0.2) is 22.4 Å². The average Bonchev–Trinajstić information content (AvgIpc) is 2.81. The van der Waals surface area contributed by atoms with Crippen LogP contribution in [0.1, 0.15) is 16.2 Å². The number of nitrogen functional groups attached to an aromatic ring is 1. The summed E-state index contributed by atoms with van der Waals surface area (Å²) >= 11 is 5.94. The number of nitrogens with one attached hydrogen (secondary N) is 2. The van der Waals surface area contributed by atoms with Crippen molar-refractivity contribution in [2.75, 3.05) is 12.3 Å². The van der Waals surface area contributed by atoms with Gasteiger partial charge in [0.1, 0.15) is 5.82 Å². The van der Waals surface area contributed by atoms with Crippen molar-refractivity contribution >= 4 is 23.2 Å². The van der Waals surface area contributed by atoms with E-state index in [2.05, 4.69) is 15.3 Å². The first-order valence-electron chi connectivity index (χ1n) is 5.48. The van der Waals surface area contributed by atoms with Gasteiger partial charge in [0.2, 0.25) is 0 Å². The number of rotatable bonds is 4. The van der Waals surface area contributed by atoms with Gasteiger partial charge in [0.15, 0.2) is 0 Å². The van der Waals surface area contributed by atoms with Crippen LogP contribution in [0.25, 0.3) is 0 Å². The van der Waals surface area contributed by atoms with E-state index in [1.807, 2.05) is 0 Å². The van der Waals surface area contributed by atoms with Gasteiger partial charge in [-0.05, 0) is 18.2 Å². The van der Waals surface area contributed by atoms with Gasteiger partial charge in [0.25, 0.3) is 5.91 Å². The second kappa shape index (κ2) is 5.55. The highest BCUT2D eigenvalue weighted by Gasteiger charge is 2.09. The first kappa shape index (κ1) is 12.4. The van der Waals surface area contributed by atoms with Gasteiger partial charge < -0.3 is 16.0 Å². The Morgan fingerprint density at radius 1 is 1.50 bits per heavy atom. The molecule has 6 heteroatoms. The number of hydrogen-bond acceptors (Lipinski definition) is 3. The number of aromatic amines is 1. The van der Waals surface area contributed by atoms with Gasteiger partial charge in [0, 0.05) is 31.0 Å². The summed E-state index contributed by atoms with van der Waals surface area (Å²) in [5, 5.41) is 3.13. The summed E-state index contributed by atoms with van der Waals surface area (Å²) in [6.45, 7) is 0.493. The maximum atomic E-state index is 11.8. The van der Waals surface area contributed by atoms with Gasteiger partial charge >= 0.3 is 0 Å². The summed E-state index contributed by atoms with van der Waals surface area (Å²) in [5.41, 5.74) is 6.52. The van der Waals surface area contributed by atoms with Crippen LogP contribution in [0.15, 0.2) is 30.6 Å². The maximum absolute atomic E-state index is 11.8. The van der Waals surface area contributed by atoms with Gasteiger partial charge in [-0.15, -0.1) is 0 Å². The minimum Gasteiger partial charge on any atom is -0.399 e. The molecule has 0 saturated heterocycles. The van der Waals surface area contributed by atoms with Crippen molar-refractivity contribution in [2.45, 2.75) is 6.42 Å². The number of hydrogen-bond donors (Lipinski definition) is 3. The molecule has 0 saturated carbocycles. The zero-order valence-corrected chi connectivity index (χ0v) is 10.4. The number of carbonyl (C=O) groups is 1. The van der Waals surface area contributed by atoms with Crippen LogP contribution >= 0.6 is 11.6 Å². The lowest BCUT2D eigenvalue weighted by molar-refractivity contribution is 0.0954. The molecule has 0 aliphatic heterocycles. The van der Waals surface area contributed by atoms with Crippen molar-refractivity contribution in [1.29, 1.82) is 0 Å². The zero-order valence-electron chi connectivity index (χ0n) is 9.61. The monoisotopic (exact) mass is 264 g/mol. The Kier molecular flexibility index (Phi) is 3.84. The molecule has 0 aliphatic carbocycles. The molecule has 0 aliphatic rings. The van der Waals surface area contributed by atoms with Gasteiger partial charge in [-0.2, -0.15) is 0 Å². The van der Waals surface area contributed by atoms with Crippen LogP contribution in [0.2, 0.25) is 5.02 Å². The minimum absolute atomic E-state index is 0.216. The molecule has 1 amide bonds. The van der Waals surface area contributed by atoms with Crippen LogP contribution in [0.4, 0.5) is 5.69 Å². The maximum Gasteiger partial charge on any atom is 0.252 e. The first-order valence-corrected chi connectivity index (χ1v) is 5.86. The van der Waals surface area contributed by atoms with Gasteiger partial charge in [-0.3, -0.25) is 4.79 Å². The molecule has 0 unspecified atom stereocenters. The molecule has 18 heavy (non-hydrogen) atoms. The fourth-order valence-electron chi connectivity index (χ4n) is 1.54. The van der Waals surface area contributed by atoms with Crippen molar-refractivity contribution in [3.8, 4) is 0 Å². The van der Waals surface area contributed by atoms with E-state index in [-0.39, 0.29) is 5.91 Å². The van der Waals surface area contributed by atoms with E-state index < -0.39 is 0 Å². The SMILES string of the molecule is Nc1ccc(C(=O)NCCc2ncc[nH]2)c(Cl)c1. The fraction of sp³-hybridized carbons (Fsp3) is 0.167. The summed E-state index contributed by atoms with van der Waals surface area (Å²) < 4.78 is 0. The van der Waals surface area contributed by atoms with Crippen molar-refractivity contribution in [3.05, 3.63) is 47.0 Å². The number of anilines is 1. The van der Waals surface area contributed by atoms with Gasteiger partial charge in [-0.1, -0.05) is 11.6 Å². The minimum atomic E-state index is -0.216. The number of imidazole rings is 1. The summed E-state index contributed by atoms with van der Waals surface area (Å²) in [6.07, 6.45) is 4.06. The second-order valence-corrected chi connectivity index (χ2v) is 4.19. The molecule has 0 spiro atoms. The average molecular weight is 265 g/mol. The lowest BCUT2D eigenvalue weighted by atomic mass is 10.2. The third-order valence-corrected chi connectivity index (χ3v) is 2.75. The Morgan fingerprint density at radius 3 is 3.00 bits per heavy atom. The number of nitrogens with zero attached hydrogens (tertiary/aromatic N) is 1. The molecule has 5 nitrogen and oxygen atoms in total. The number of amides is 1. The third kappa shape index (κ3) is 3.01. The number of halogens is 1. The normalized spacial score (nSPS) is 10.3. The highest BCUT2D eigenvalue weighted by atomic mass is 35.5. The first-order chi connectivity index (χ1) is 8.66. The molecule has 1 aromatic carbocycles. The number of benzene rings is 1. The highest BCUT2D eigenvalue weighted by molar-refractivity contribution is 6.34. The molecule has 94 valence electrons. The molecular formula is C12H13ClN4O. The second-order valence-electron chi connectivity index (χ2n) is 3.78. The van der Waals surface area contributed by atoms with Crippen molar-refractivity contribution < 1.29 is 4.79 Å². The molecule has 1 aromatic heterocycles. The van der Waals surface area contributed by atoms with E-state index in [0.29, 0.717) is 29.2 Å². The van der Waals surface area contributed by atoms with E-state index in [1.54, 1.807) is 30.6 Å². The zero-order chi connectivity index (χ0) is 13.0. The van der Waals surface area contributed by atoms with Crippen LogP contribution in [0.5, 0.6) is 0 Å². The molecule has 1 heterocycles. The predicted molar refractivity (Wildman–Crippen MR) is 70.5 cm³/mol. The highest BCUT2D eigenvalue weighted by Crippen LogP contribution is 2.18. The molecule has 0 radical (unpaired) electrons. The lowest BCUT2D eigenvalue weighted by Gasteiger charge is -2.06. The summed E-state index contributed by atoms with van der Waals surface area (Å²) in [6, 6.07) is 4.82. The quantitative estimate of drug-likeness (QED) is 0.734. The smallest absolute Gasteiger partial charge is 0.252 e. The largest absolute Gasteiger partial charge is 0.399 e. The predicted octanol–water partition coefficient (Wildman–Crippen LogP) is 1.62. The summed E-state index contributed by atoms with van der Waals surface area (Å²) in [5.74, 6) is 0.616. The topological polar surface area (TPSA) is 83.8 Å². The Hall–Kier alpha value is -2.01. The van der Waals surface area contributed by atoms with Crippen LogP contribution < -0.4 is 11.1 Å². The number of aromatic nitrogens is 2. The standard InChI is InChI=1S/C12H13ClN4O/c13-10-7-8(14)1-2-9(10)12(18)17-4-3-11-15-5-6-16-11/h1-2,5-7H,3-4,14H2,(H,15,16)(H,17,18). The van der Waals surface area contributed by atoms with Crippen molar-refractivity contribution in [2.24, 2.45) is 0 Å². The number of nitrogens with two attached hydrogens (primary N) is 1.